The third kappa shape index (κ3) is 35.8. The molecule has 0 aromatic rings. The molecule has 0 saturated carbocycles. The molecule has 0 aliphatic carbocycles. The minimum absolute atomic E-state index is 0.250. The van der Waals surface area contributed by atoms with Crippen LogP contribution in [0.2, 0.25) is 0 Å². The summed E-state index contributed by atoms with van der Waals surface area (Å²) in [6.07, 6.45) is 0.250. The molecule has 0 spiro atoms. The van der Waals surface area contributed by atoms with Crippen LogP contribution in [0.4, 0.5) is 0 Å². The first kappa shape index (κ1) is 11.4. The molecule has 0 unspecified atom stereocenters. The standard InChI is InChI=1S/CH3NO.2Mo.S2/c2-1-3;;;1-2/h1H,(H2,2,3);;;/q;2*+1;-2. The molecule has 0 radical (unpaired) electrons. The molecule has 0 fully saturated rings. The molecule has 0 rings (SSSR count). The van der Waals surface area contributed by atoms with Crippen LogP contribution in [-0.4, -0.2) is 6.41 Å². The quantitative estimate of drug-likeness (QED) is 0.433. The van der Waals surface area contributed by atoms with Crippen molar-refractivity contribution in [1.82, 2.24) is 0 Å². The molecular formula is CH3Mo2NOS2. The molecule has 0 aliphatic heterocycles. The summed E-state index contributed by atoms with van der Waals surface area (Å²) >= 11 is 4.01. The molecule has 2 nitrogen and oxygen atoms in total. The van der Waals surface area contributed by atoms with Gasteiger partial charge in [0, 0.05) is 0 Å². The number of carbonyl (C=O) groups is 1. The van der Waals surface area contributed by atoms with E-state index in [0.29, 0.717) is 0 Å². The maximum absolute atomic E-state index is 8.58. The molecule has 0 aromatic heterocycles. The van der Waals surface area contributed by atoms with E-state index in [1.165, 1.54) is 0 Å². The molecule has 6 heteroatoms. The SMILES string of the molecule is NC=O.[Mo][S][S][Mo]. The fourth-order valence-electron chi connectivity index (χ4n) is 0. The molecule has 0 atom stereocenters. The average molecular weight is 301 g/mol. The predicted molar refractivity (Wildman–Crippen MR) is 25.4 cm³/mol. The fraction of sp³-hybridized carbons (Fsp3) is 0. The van der Waals surface area contributed by atoms with Crippen LogP contribution in [0.15, 0.2) is 0 Å². The molecule has 0 heterocycles. The van der Waals surface area contributed by atoms with E-state index >= 15 is 0 Å². The topological polar surface area (TPSA) is 43.1 Å². The van der Waals surface area contributed by atoms with Gasteiger partial charge >= 0.3 is 54.1 Å². The second-order valence-electron chi connectivity index (χ2n) is 0.272. The first-order valence-electron chi connectivity index (χ1n) is 1.07. The zero-order chi connectivity index (χ0) is 6.12. The molecular weight excluding hydrogens is 298 g/mol. The Balaban J connectivity index is 0. The summed E-state index contributed by atoms with van der Waals surface area (Å²) in [6.45, 7) is 0. The Morgan fingerprint density at radius 1 is 1.43 bits per heavy atom. The van der Waals surface area contributed by atoms with Crippen LogP contribution in [0.25, 0.3) is 0 Å². The number of nitrogens with two attached hydrogens (primary N) is 1. The van der Waals surface area contributed by atoms with Gasteiger partial charge in [0.1, 0.15) is 0 Å². The number of hydrogen-bond acceptors (Lipinski definition) is 3. The summed E-state index contributed by atoms with van der Waals surface area (Å²) in [5.74, 6) is 0. The third-order valence-corrected chi connectivity index (χ3v) is 8.75. The predicted octanol–water partition coefficient (Wildman–Crippen LogP) is 0.393. The van der Waals surface area contributed by atoms with E-state index < -0.39 is 0 Å². The number of carbonyl (C=O) groups excluding carboxylic acids is 1. The van der Waals surface area contributed by atoms with E-state index in [-0.39, 0.29) is 6.41 Å². The van der Waals surface area contributed by atoms with Gasteiger partial charge in [0.05, 0.1) is 0 Å². The Kier molecular flexibility index (Phi) is 25.4. The number of hydrogen-bond donors (Lipinski definition) is 1. The zero-order valence-corrected chi connectivity index (χ0v) is 8.84. The van der Waals surface area contributed by atoms with Crippen LogP contribution >= 0.6 is 17.0 Å². The molecule has 1 amide bonds. The fourth-order valence-corrected chi connectivity index (χ4v) is 0. The summed E-state index contributed by atoms with van der Waals surface area (Å²) < 4.78 is 0. The summed E-state index contributed by atoms with van der Waals surface area (Å²) in [6, 6.07) is 0. The summed E-state index contributed by atoms with van der Waals surface area (Å²) in [7, 11) is 3.58. The van der Waals surface area contributed by atoms with Crippen LogP contribution in [-0.2, 0) is 41.9 Å². The van der Waals surface area contributed by atoms with Crippen molar-refractivity contribution in [1.29, 1.82) is 0 Å². The first-order valence-corrected chi connectivity index (χ1v) is 7.99. The van der Waals surface area contributed by atoms with Gasteiger partial charge in [-0.25, -0.2) is 0 Å². The number of rotatable bonds is 1. The zero-order valence-electron chi connectivity index (χ0n) is 3.20. The molecule has 42 valence electrons. The van der Waals surface area contributed by atoms with Gasteiger partial charge in [-0.2, -0.15) is 0 Å². The van der Waals surface area contributed by atoms with E-state index in [1.54, 1.807) is 17.0 Å². The van der Waals surface area contributed by atoms with Crippen molar-refractivity contribution in [3.05, 3.63) is 0 Å². The molecule has 0 saturated heterocycles. The van der Waals surface area contributed by atoms with Crippen molar-refractivity contribution in [3.63, 3.8) is 0 Å². The van der Waals surface area contributed by atoms with Gasteiger partial charge in [-0.1, -0.05) is 0 Å². The summed E-state index contributed by atoms with van der Waals surface area (Å²) in [5.41, 5.74) is 4.17. The van der Waals surface area contributed by atoms with Crippen LogP contribution in [0, 0.1) is 0 Å². The summed E-state index contributed by atoms with van der Waals surface area (Å²) in [5, 5.41) is 0. The Morgan fingerprint density at radius 3 is 1.57 bits per heavy atom. The number of amides is 1. The van der Waals surface area contributed by atoms with Gasteiger partial charge in [0.25, 0.3) is 0 Å². The van der Waals surface area contributed by atoms with Crippen molar-refractivity contribution in [2.24, 2.45) is 5.73 Å². The molecule has 0 aliphatic rings. The van der Waals surface area contributed by atoms with E-state index in [1.807, 2.05) is 37.1 Å². The normalized spacial score (nSPS) is 5.71. The van der Waals surface area contributed by atoms with Gasteiger partial charge in [-0.3, -0.25) is 4.79 Å². The van der Waals surface area contributed by atoms with Crippen molar-refractivity contribution in [3.8, 4) is 0 Å². The van der Waals surface area contributed by atoms with Gasteiger partial charge < -0.3 is 5.73 Å². The second-order valence-corrected chi connectivity index (χ2v) is 7.38. The second kappa shape index (κ2) is 15.6. The Labute approximate surface area is 70.3 Å². The van der Waals surface area contributed by atoms with Crippen molar-refractivity contribution in [2.45, 2.75) is 0 Å². The summed E-state index contributed by atoms with van der Waals surface area (Å²) in [4.78, 5) is 8.58. The number of primary amides is 1. The van der Waals surface area contributed by atoms with Crippen LogP contribution < -0.4 is 5.73 Å². The Bertz CT molecular complexity index is 34.9. The average Bonchev–Trinajstić information content (AvgIpc) is 1.69. The van der Waals surface area contributed by atoms with E-state index in [9.17, 15) is 0 Å². The van der Waals surface area contributed by atoms with Crippen molar-refractivity contribution in [2.75, 3.05) is 0 Å². The Morgan fingerprint density at radius 2 is 1.57 bits per heavy atom. The van der Waals surface area contributed by atoms with Gasteiger partial charge in [-0.15, -0.1) is 0 Å². The van der Waals surface area contributed by atoms with Crippen molar-refractivity contribution >= 4 is 23.4 Å². The molecule has 0 aromatic carbocycles. The van der Waals surface area contributed by atoms with E-state index in [2.05, 4.69) is 5.73 Å². The van der Waals surface area contributed by atoms with Crippen molar-refractivity contribution < 1.29 is 41.9 Å². The Hall–Kier alpha value is 1.55. The van der Waals surface area contributed by atoms with Gasteiger partial charge in [0.15, 0.2) is 0 Å². The van der Waals surface area contributed by atoms with Gasteiger partial charge in [0.2, 0.25) is 6.41 Å². The van der Waals surface area contributed by atoms with Gasteiger partial charge in [-0.05, 0) is 0 Å². The first-order chi connectivity index (χ1) is 3.33. The molecule has 0 bridgehead atoms. The minimum atomic E-state index is 0.250. The monoisotopic (exact) mass is 305 g/mol. The maximum atomic E-state index is 8.58. The van der Waals surface area contributed by atoms with E-state index in [0.717, 1.165) is 0 Å². The molecule has 7 heavy (non-hydrogen) atoms. The van der Waals surface area contributed by atoms with Crippen LogP contribution in [0.5, 0.6) is 0 Å². The molecule has 2 N–H and O–H groups in total. The van der Waals surface area contributed by atoms with E-state index in [4.69, 9.17) is 4.79 Å². The third-order valence-electron chi connectivity index (χ3n) is 0.0278. The van der Waals surface area contributed by atoms with Crippen LogP contribution in [0.1, 0.15) is 0 Å². The van der Waals surface area contributed by atoms with Crippen LogP contribution in [0.3, 0.4) is 0 Å².